The Morgan fingerprint density at radius 2 is 2.05 bits per heavy atom. The minimum atomic E-state index is -0.786. The largest absolute Gasteiger partial charge is 0.481 e. The maximum Gasteiger partial charge on any atom is 0.303 e. The molecule has 100 valence electrons. The van der Waals surface area contributed by atoms with Crippen molar-refractivity contribution in [2.24, 2.45) is 0 Å². The number of aryl methyl sites for hydroxylation is 1. The molecule has 0 radical (unpaired) electrons. The van der Waals surface area contributed by atoms with Gasteiger partial charge in [0.05, 0.1) is 0 Å². The van der Waals surface area contributed by atoms with E-state index in [2.05, 4.69) is 10.2 Å². The van der Waals surface area contributed by atoms with E-state index in [1.165, 1.54) is 17.3 Å². The average Bonchev–Trinajstić information content (AvgIpc) is 2.84. The lowest BCUT2D eigenvalue weighted by Crippen LogP contribution is -1.94. The number of carbonyl (C=O) groups is 1. The SMILES string of the molecule is Cc1ccc(-c2nnc(SCCCC(=O)O)o2)cc1. The van der Waals surface area contributed by atoms with Crippen molar-refractivity contribution >= 4 is 17.7 Å². The minimum absolute atomic E-state index is 0.159. The Bertz CT molecular complexity index is 551. The summed E-state index contributed by atoms with van der Waals surface area (Å²) in [6, 6.07) is 7.84. The van der Waals surface area contributed by atoms with E-state index in [9.17, 15) is 4.79 Å². The highest BCUT2D eigenvalue weighted by molar-refractivity contribution is 7.99. The van der Waals surface area contributed by atoms with Gasteiger partial charge in [0, 0.05) is 17.7 Å². The Kier molecular flexibility index (Phi) is 4.57. The first-order chi connectivity index (χ1) is 9.15. The molecule has 1 N–H and O–H groups in total. The summed E-state index contributed by atoms with van der Waals surface area (Å²) in [5.41, 5.74) is 2.06. The molecule has 0 aliphatic rings. The fraction of sp³-hybridized carbons (Fsp3) is 0.308. The fourth-order valence-corrected chi connectivity index (χ4v) is 2.16. The van der Waals surface area contributed by atoms with E-state index in [-0.39, 0.29) is 6.42 Å². The van der Waals surface area contributed by atoms with Crippen LogP contribution in [-0.2, 0) is 4.79 Å². The van der Waals surface area contributed by atoms with Crippen LogP contribution in [0.25, 0.3) is 11.5 Å². The Balaban J connectivity index is 1.91. The lowest BCUT2D eigenvalue weighted by molar-refractivity contribution is -0.137. The Labute approximate surface area is 115 Å². The van der Waals surface area contributed by atoms with Crippen molar-refractivity contribution in [3.63, 3.8) is 0 Å². The summed E-state index contributed by atoms with van der Waals surface area (Å²) in [7, 11) is 0. The summed E-state index contributed by atoms with van der Waals surface area (Å²) < 4.78 is 5.51. The third kappa shape index (κ3) is 4.10. The summed E-state index contributed by atoms with van der Waals surface area (Å²) in [6.07, 6.45) is 0.744. The van der Waals surface area contributed by atoms with Crippen molar-refractivity contribution in [2.75, 3.05) is 5.75 Å². The highest BCUT2D eigenvalue weighted by atomic mass is 32.2. The smallest absolute Gasteiger partial charge is 0.303 e. The van der Waals surface area contributed by atoms with Crippen LogP contribution in [0.15, 0.2) is 33.9 Å². The highest BCUT2D eigenvalue weighted by Crippen LogP contribution is 2.23. The zero-order chi connectivity index (χ0) is 13.7. The zero-order valence-corrected chi connectivity index (χ0v) is 11.3. The van der Waals surface area contributed by atoms with E-state index in [0.29, 0.717) is 23.3 Å². The molecule has 0 aliphatic carbocycles. The van der Waals surface area contributed by atoms with Crippen LogP contribution in [0.4, 0.5) is 0 Å². The number of aliphatic carboxylic acids is 1. The van der Waals surface area contributed by atoms with E-state index >= 15 is 0 Å². The van der Waals surface area contributed by atoms with Crippen LogP contribution >= 0.6 is 11.8 Å². The van der Waals surface area contributed by atoms with E-state index in [0.717, 1.165) is 5.56 Å². The van der Waals surface area contributed by atoms with Crippen LogP contribution in [-0.4, -0.2) is 27.0 Å². The Hall–Kier alpha value is -1.82. The number of hydrogen-bond acceptors (Lipinski definition) is 5. The van der Waals surface area contributed by atoms with Gasteiger partial charge in [0.25, 0.3) is 5.22 Å². The van der Waals surface area contributed by atoms with Crippen molar-refractivity contribution < 1.29 is 14.3 Å². The second-order valence-corrected chi connectivity index (χ2v) is 5.13. The van der Waals surface area contributed by atoms with Gasteiger partial charge in [0.15, 0.2) is 0 Å². The summed E-state index contributed by atoms with van der Waals surface area (Å²) >= 11 is 1.38. The topological polar surface area (TPSA) is 76.2 Å². The molecule has 1 aromatic carbocycles. The molecule has 0 atom stereocenters. The van der Waals surface area contributed by atoms with Crippen molar-refractivity contribution in [1.29, 1.82) is 0 Å². The van der Waals surface area contributed by atoms with Crippen molar-refractivity contribution in [3.05, 3.63) is 29.8 Å². The molecule has 1 heterocycles. The molecule has 0 unspecified atom stereocenters. The molecular formula is C13H14N2O3S. The number of thioether (sulfide) groups is 1. The molecule has 0 saturated carbocycles. The molecule has 0 bridgehead atoms. The second kappa shape index (κ2) is 6.38. The normalized spacial score (nSPS) is 10.6. The van der Waals surface area contributed by atoms with Gasteiger partial charge in [-0.3, -0.25) is 4.79 Å². The van der Waals surface area contributed by atoms with Crippen LogP contribution in [0, 0.1) is 6.92 Å². The molecule has 1 aromatic heterocycles. The van der Waals surface area contributed by atoms with Gasteiger partial charge in [-0.15, -0.1) is 10.2 Å². The molecule has 0 saturated heterocycles. The van der Waals surface area contributed by atoms with Gasteiger partial charge in [-0.25, -0.2) is 0 Å². The lowest BCUT2D eigenvalue weighted by atomic mass is 10.1. The molecule has 0 fully saturated rings. The van der Waals surface area contributed by atoms with Crippen LogP contribution in [0.3, 0.4) is 0 Å². The third-order valence-corrected chi connectivity index (χ3v) is 3.37. The van der Waals surface area contributed by atoms with Crippen molar-refractivity contribution in [2.45, 2.75) is 25.0 Å². The number of nitrogens with zero attached hydrogens (tertiary/aromatic N) is 2. The fourth-order valence-electron chi connectivity index (χ4n) is 1.46. The van der Waals surface area contributed by atoms with E-state index in [1.807, 2.05) is 31.2 Å². The molecule has 6 heteroatoms. The molecule has 0 spiro atoms. The first kappa shape index (κ1) is 13.6. The Morgan fingerprint density at radius 3 is 2.74 bits per heavy atom. The first-order valence-corrected chi connectivity index (χ1v) is 6.89. The maximum atomic E-state index is 10.4. The van der Waals surface area contributed by atoms with Gasteiger partial charge < -0.3 is 9.52 Å². The zero-order valence-electron chi connectivity index (χ0n) is 10.5. The molecule has 2 rings (SSSR count). The second-order valence-electron chi connectivity index (χ2n) is 4.08. The lowest BCUT2D eigenvalue weighted by Gasteiger charge is -1.96. The number of carboxylic acids is 1. The minimum Gasteiger partial charge on any atom is -0.481 e. The number of hydrogen-bond donors (Lipinski definition) is 1. The van der Waals surface area contributed by atoms with Gasteiger partial charge in [-0.2, -0.15) is 0 Å². The van der Waals surface area contributed by atoms with Gasteiger partial charge in [0.1, 0.15) is 0 Å². The summed E-state index contributed by atoms with van der Waals surface area (Å²) in [6.45, 7) is 2.02. The summed E-state index contributed by atoms with van der Waals surface area (Å²) in [5, 5.41) is 16.9. The number of aromatic nitrogens is 2. The van der Waals surface area contributed by atoms with Crippen LogP contribution in [0.1, 0.15) is 18.4 Å². The van der Waals surface area contributed by atoms with E-state index in [4.69, 9.17) is 9.52 Å². The quantitative estimate of drug-likeness (QED) is 0.646. The number of rotatable bonds is 6. The van der Waals surface area contributed by atoms with Crippen molar-refractivity contribution in [1.82, 2.24) is 10.2 Å². The standard InChI is InChI=1S/C13H14N2O3S/c1-9-4-6-10(7-5-9)12-14-15-13(18-12)19-8-2-3-11(16)17/h4-7H,2-3,8H2,1H3,(H,16,17). The maximum absolute atomic E-state index is 10.4. The first-order valence-electron chi connectivity index (χ1n) is 5.90. The Morgan fingerprint density at radius 1 is 1.32 bits per heavy atom. The van der Waals surface area contributed by atoms with Gasteiger partial charge in [0.2, 0.25) is 5.89 Å². The van der Waals surface area contributed by atoms with Crippen LogP contribution < -0.4 is 0 Å². The monoisotopic (exact) mass is 278 g/mol. The van der Waals surface area contributed by atoms with Gasteiger partial charge in [-0.05, 0) is 25.5 Å². The predicted molar refractivity (Wildman–Crippen MR) is 72.1 cm³/mol. The van der Waals surface area contributed by atoms with Crippen LogP contribution in [0.5, 0.6) is 0 Å². The third-order valence-electron chi connectivity index (χ3n) is 2.47. The van der Waals surface area contributed by atoms with E-state index in [1.54, 1.807) is 0 Å². The molecular weight excluding hydrogens is 264 g/mol. The van der Waals surface area contributed by atoms with E-state index < -0.39 is 5.97 Å². The van der Waals surface area contributed by atoms with Crippen molar-refractivity contribution in [3.8, 4) is 11.5 Å². The highest BCUT2D eigenvalue weighted by Gasteiger charge is 2.08. The van der Waals surface area contributed by atoms with Gasteiger partial charge in [-0.1, -0.05) is 29.5 Å². The van der Waals surface area contributed by atoms with Crippen LogP contribution in [0.2, 0.25) is 0 Å². The summed E-state index contributed by atoms with van der Waals surface area (Å²) in [4.78, 5) is 10.4. The van der Waals surface area contributed by atoms with Gasteiger partial charge >= 0.3 is 5.97 Å². The molecule has 2 aromatic rings. The molecule has 0 aliphatic heterocycles. The molecule has 5 nitrogen and oxygen atoms in total. The average molecular weight is 278 g/mol. The molecule has 0 amide bonds. The number of benzene rings is 1. The predicted octanol–water partition coefficient (Wildman–Crippen LogP) is 3.00. The number of carboxylic acid groups (broad SMARTS) is 1. The summed E-state index contributed by atoms with van der Waals surface area (Å²) in [5.74, 6) is 0.356. The molecule has 19 heavy (non-hydrogen) atoms.